The number of aromatic nitrogens is 2. The fourth-order valence-electron chi connectivity index (χ4n) is 2.79. The smallest absolute Gasteiger partial charge is 0.264 e. The molecule has 2 aliphatic rings. The second-order valence-electron chi connectivity index (χ2n) is 5.13. The molecule has 1 aromatic rings. The largest absolute Gasteiger partial charge is 0.375 e. The first kappa shape index (κ1) is 12.4. The molecule has 0 N–H and O–H groups in total. The number of nitrogens with zero attached hydrogens (tertiary/aromatic N) is 2. The molecule has 1 saturated heterocycles. The van der Waals surface area contributed by atoms with Crippen LogP contribution in [0.1, 0.15) is 38.1 Å². The van der Waals surface area contributed by atoms with Gasteiger partial charge < -0.3 is 4.74 Å². The van der Waals surface area contributed by atoms with E-state index in [-0.39, 0.29) is 16.5 Å². The van der Waals surface area contributed by atoms with E-state index in [4.69, 9.17) is 15.4 Å². The lowest BCUT2D eigenvalue weighted by Crippen LogP contribution is -2.46. The van der Waals surface area contributed by atoms with Crippen LogP contribution in [0.5, 0.6) is 0 Å². The van der Waals surface area contributed by atoms with Crippen LogP contribution in [-0.2, 0) is 13.8 Å². The molecule has 1 unspecified atom stereocenters. The summed E-state index contributed by atoms with van der Waals surface area (Å²) in [5, 5.41) is 4.13. The summed E-state index contributed by atoms with van der Waals surface area (Å²) in [5.41, 5.74) is 0.0227. The van der Waals surface area contributed by atoms with Crippen LogP contribution < -0.4 is 0 Å². The van der Waals surface area contributed by atoms with Gasteiger partial charge in [0.05, 0.1) is 17.8 Å². The van der Waals surface area contributed by atoms with Gasteiger partial charge in [0.25, 0.3) is 9.05 Å². The topological polar surface area (TPSA) is 61.2 Å². The van der Waals surface area contributed by atoms with Crippen molar-refractivity contribution in [3.63, 3.8) is 0 Å². The van der Waals surface area contributed by atoms with Crippen LogP contribution in [0.15, 0.2) is 17.3 Å². The van der Waals surface area contributed by atoms with Gasteiger partial charge in [0.15, 0.2) is 0 Å². The summed E-state index contributed by atoms with van der Waals surface area (Å²) in [6, 6.07) is 0.214. The zero-order valence-electron chi connectivity index (χ0n) is 9.88. The van der Waals surface area contributed by atoms with Crippen molar-refractivity contribution < 1.29 is 13.2 Å². The lowest BCUT2D eigenvalue weighted by atomic mass is 9.74. The highest BCUT2D eigenvalue weighted by Crippen LogP contribution is 2.45. The lowest BCUT2D eigenvalue weighted by Gasteiger charge is -2.47. The molecule has 0 aromatic carbocycles. The lowest BCUT2D eigenvalue weighted by molar-refractivity contribution is -0.141. The maximum Gasteiger partial charge on any atom is 0.264 e. The maximum absolute atomic E-state index is 11.2. The Morgan fingerprint density at radius 2 is 2.28 bits per heavy atom. The van der Waals surface area contributed by atoms with Crippen molar-refractivity contribution in [2.45, 2.75) is 48.6 Å². The first-order chi connectivity index (χ1) is 8.49. The molecule has 1 atom stereocenters. The van der Waals surface area contributed by atoms with E-state index >= 15 is 0 Å². The maximum atomic E-state index is 11.2. The van der Waals surface area contributed by atoms with Crippen LogP contribution in [0.4, 0.5) is 0 Å². The van der Waals surface area contributed by atoms with E-state index in [2.05, 4.69) is 5.10 Å². The van der Waals surface area contributed by atoms with E-state index in [1.165, 1.54) is 18.8 Å². The number of halogens is 1. The second kappa shape index (κ2) is 4.21. The van der Waals surface area contributed by atoms with Gasteiger partial charge in [-0.3, -0.25) is 4.68 Å². The second-order valence-corrected chi connectivity index (χ2v) is 7.69. The van der Waals surface area contributed by atoms with Crippen LogP contribution in [0.25, 0.3) is 0 Å². The van der Waals surface area contributed by atoms with Gasteiger partial charge in [-0.15, -0.1) is 0 Å². The van der Waals surface area contributed by atoms with E-state index in [1.807, 2.05) is 0 Å². The third-order valence-electron chi connectivity index (χ3n) is 3.97. The molecule has 0 radical (unpaired) electrons. The Morgan fingerprint density at radius 1 is 1.50 bits per heavy atom. The predicted molar refractivity (Wildman–Crippen MR) is 66.1 cm³/mol. The predicted octanol–water partition coefficient (Wildman–Crippen LogP) is 2.08. The van der Waals surface area contributed by atoms with E-state index in [0.717, 1.165) is 25.7 Å². The van der Waals surface area contributed by atoms with E-state index in [1.54, 1.807) is 4.68 Å². The zero-order chi connectivity index (χ0) is 12.8. The molecule has 0 bridgehead atoms. The number of hydrogen-bond acceptors (Lipinski definition) is 4. The molecule has 18 heavy (non-hydrogen) atoms. The molecule has 0 amide bonds. The van der Waals surface area contributed by atoms with Crippen molar-refractivity contribution in [1.82, 2.24) is 9.78 Å². The number of rotatable bonds is 2. The Bertz CT molecular complexity index is 550. The summed E-state index contributed by atoms with van der Waals surface area (Å²) >= 11 is 0. The van der Waals surface area contributed by atoms with Crippen LogP contribution in [0, 0.1) is 0 Å². The quantitative estimate of drug-likeness (QED) is 0.783. The highest BCUT2D eigenvalue weighted by molar-refractivity contribution is 8.13. The fourth-order valence-corrected chi connectivity index (χ4v) is 3.44. The third-order valence-corrected chi connectivity index (χ3v) is 5.27. The van der Waals surface area contributed by atoms with Crippen molar-refractivity contribution in [2.75, 3.05) is 6.61 Å². The Balaban J connectivity index is 1.80. The highest BCUT2D eigenvalue weighted by Gasteiger charge is 2.43. The van der Waals surface area contributed by atoms with Gasteiger partial charge in [0.2, 0.25) is 0 Å². The standard InChI is InChI=1S/C11H15ClN2O3S/c12-18(15,16)10-7-13-14(8-10)9-2-5-17-11(6-9)3-1-4-11/h7-9H,1-6H2. The van der Waals surface area contributed by atoms with Crippen LogP contribution in [-0.4, -0.2) is 30.4 Å². The Labute approximate surface area is 110 Å². The molecule has 7 heteroatoms. The van der Waals surface area contributed by atoms with Gasteiger partial charge in [0.1, 0.15) is 4.90 Å². The van der Waals surface area contributed by atoms with Crippen molar-refractivity contribution in [3.05, 3.63) is 12.4 Å². The fraction of sp³-hybridized carbons (Fsp3) is 0.727. The first-order valence-corrected chi connectivity index (χ1v) is 8.42. The van der Waals surface area contributed by atoms with Gasteiger partial charge in [-0.1, -0.05) is 0 Å². The molecule has 2 fully saturated rings. The average molecular weight is 291 g/mol. The minimum absolute atomic E-state index is 0.0227. The van der Waals surface area contributed by atoms with Crippen molar-refractivity contribution >= 4 is 19.7 Å². The summed E-state index contributed by atoms with van der Waals surface area (Å²) in [4.78, 5) is 0.0679. The van der Waals surface area contributed by atoms with Gasteiger partial charge in [-0.25, -0.2) is 8.42 Å². The SMILES string of the molecule is O=S(=O)(Cl)c1cnn(C2CCOC3(CCC3)C2)c1. The van der Waals surface area contributed by atoms with Gasteiger partial charge in [0, 0.05) is 23.5 Å². The summed E-state index contributed by atoms with van der Waals surface area (Å²) in [5.74, 6) is 0. The third kappa shape index (κ3) is 2.17. The molecule has 3 rings (SSSR count). The Kier molecular flexibility index (Phi) is 2.91. The van der Waals surface area contributed by atoms with Crippen molar-refractivity contribution in [1.29, 1.82) is 0 Å². The molecule has 5 nitrogen and oxygen atoms in total. The van der Waals surface area contributed by atoms with E-state index < -0.39 is 9.05 Å². The summed E-state index contributed by atoms with van der Waals surface area (Å²) in [6.07, 6.45) is 8.03. The van der Waals surface area contributed by atoms with Crippen LogP contribution >= 0.6 is 10.7 Å². The van der Waals surface area contributed by atoms with Crippen molar-refractivity contribution in [3.8, 4) is 0 Å². The van der Waals surface area contributed by atoms with E-state index in [0.29, 0.717) is 6.61 Å². The highest BCUT2D eigenvalue weighted by atomic mass is 35.7. The summed E-state index contributed by atoms with van der Waals surface area (Å²) in [7, 11) is 1.62. The molecule has 100 valence electrons. The monoisotopic (exact) mass is 290 g/mol. The molecule has 1 saturated carbocycles. The van der Waals surface area contributed by atoms with Gasteiger partial charge in [-0.05, 0) is 32.1 Å². The Hall–Kier alpha value is -0.590. The average Bonchev–Trinajstić information content (AvgIpc) is 2.76. The summed E-state index contributed by atoms with van der Waals surface area (Å²) < 4.78 is 30.0. The molecule has 1 spiro atoms. The molecule has 1 aliphatic carbocycles. The molecule has 1 aliphatic heterocycles. The van der Waals surface area contributed by atoms with Gasteiger partial charge in [-0.2, -0.15) is 5.10 Å². The first-order valence-electron chi connectivity index (χ1n) is 6.11. The van der Waals surface area contributed by atoms with Crippen molar-refractivity contribution in [2.24, 2.45) is 0 Å². The minimum atomic E-state index is -3.68. The number of ether oxygens (including phenoxy) is 1. The minimum Gasteiger partial charge on any atom is -0.375 e. The van der Waals surface area contributed by atoms with Gasteiger partial charge >= 0.3 is 0 Å². The van der Waals surface area contributed by atoms with E-state index in [9.17, 15) is 8.42 Å². The molecular formula is C11H15ClN2O3S. The van der Waals surface area contributed by atoms with Crippen LogP contribution in [0.2, 0.25) is 0 Å². The zero-order valence-corrected chi connectivity index (χ0v) is 11.5. The summed E-state index contributed by atoms with van der Waals surface area (Å²) in [6.45, 7) is 0.716. The molecule has 2 heterocycles. The Morgan fingerprint density at radius 3 is 2.83 bits per heavy atom. The normalized spacial score (nSPS) is 27.1. The van der Waals surface area contributed by atoms with Crippen LogP contribution in [0.3, 0.4) is 0 Å². The number of hydrogen-bond donors (Lipinski definition) is 0. The molecular weight excluding hydrogens is 276 g/mol. The molecule has 1 aromatic heterocycles.